The van der Waals surface area contributed by atoms with Crippen molar-refractivity contribution in [3.8, 4) is 17.2 Å². The van der Waals surface area contributed by atoms with E-state index in [1.54, 1.807) is 18.2 Å². The van der Waals surface area contributed by atoms with Gasteiger partial charge in [0.25, 0.3) is 5.91 Å². The minimum Gasteiger partial charge on any atom is -0.493 e. The molecule has 0 unspecified atom stereocenters. The Labute approximate surface area is 173 Å². The Morgan fingerprint density at radius 3 is 2.21 bits per heavy atom. The molecule has 1 heterocycles. The topological polar surface area (TPSA) is 85.3 Å². The minimum atomic E-state index is -1.07. The second-order valence-corrected chi connectivity index (χ2v) is 8.17. The monoisotopic (exact) mass is 425 g/mol. The summed E-state index contributed by atoms with van der Waals surface area (Å²) in [5.41, 5.74) is 0.644. The van der Waals surface area contributed by atoms with Crippen LogP contribution in [0, 0.1) is 5.92 Å². The van der Waals surface area contributed by atoms with Crippen molar-refractivity contribution in [3.63, 3.8) is 0 Å². The molecule has 0 bridgehead atoms. The molecule has 1 fully saturated rings. The number of rotatable bonds is 8. The average molecular weight is 426 g/mol. The maximum atomic E-state index is 12.9. The van der Waals surface area contributed by atoms with Gasteiger partial charge in [-0.3, -0.25) is 9.69 Å². The van der Waals surface area contributed by atoms with Crippen molar-refractivity contribution >= 4 is 46.3 Å². The van der Waals surface area contributed by atoms with Crippen molar-refractivity contribution in [3.05, 3.63) is 22.6 Å². The fourth-order valence-corrected chi connectivity index (χ4v) is 4.20. The standard InChI is InChI=1S/C19H23NO6S2/c1-10(2)6-12(18(22)23)20-17(21)15(28-19(20)27)9-11-7-13(24-3)16(26-5)14(8-11)25-4/h7-10,12H,6H2,1-5H3,(H,22,23)/b15-9+/t12-/m1/s1. The van der Waals surface area contributed by atoms with Crippen LogP contribution in [-0.4, -0.2) is 53.6 Å². The number of thioether (sulfide) groups is 1. The van der Waals surface area contributed by atoms with E-state index < -0.39 is 17.9 Å². The number of methoxy groups -OCH3 is 3. The molecular weight excluding hydrogens is 402 g/mol. The predicted molar refractivity (Wildman–Crippen MR) is 112 cm³/mol. The number of nitrogens with zero attached hydrogens (tertiary/aromatic N) is 1. The van der Waals surface area contributed by atoms with Crippen LogP contribution in [0.25, 0.3) is 6.08 Å². The summed E-state index contributed by atoms with van der Waals surface area (Å²) < 4.78 is 16.2. The van der Waals surface area contributed by atoms with Gasteiger partial charge in [-0.15, -0.1) is 0 Å². The molecule has 0 aliphatic carbocycles. The van der Waals surface area contributed by atoms with Crippen molar-refractivity contribution in [1.82, 2.24) is 4.90 Å². The summed E-state index contributed by atoms with van der Waals surface area (Å²) in [6.07, 6.45) is 1.96. The number of aliphatic carboxylic acids is 1. The summed E-state index contributed by atoms with van der Waals surface area (Å²) in [5.74, 6) is -0.0446. The van der Waals surface area contributed by atoms with Crippen molar-refractivity contribution in [1.29, 1.82) is 0 Å². The van der Waals surface area contributed by atoms with E-state index in [1.165, 1.54) is 26.2 Å². The van der Waals surface area contributed by atoms with Gasteiger partial charge in [0.15, 0.2) is 11.5 Å². The molecule has 1 N–H and O–H groups in total. The van der Waals surface area contributed by atoms with Gasteiger partial charge in [-0.1, -0.05) is 37.8 Å². The Morgan fingerprint density at radius 1 is 1.21 bits per heavy atom. The number of thiocarbonyl (C=S) groups is 1. The largest absolute Gasteiger partial charge is 0.493 e. The Hall–Kier alpha value is -2.26. The molecule has 0 spiro atoms. The van der Waals surface area contributed by atoms with Crippen LogP contribution >= 0.6 is 24.0 Å². The molecule has 1 amide bonds. The Balaban J connectivity index is 2.42. The second-order valence-electron chi connectivity index (χ2n) is 6.49. The van der Waals surface area contributed by atoms with Gasteiger partial charge in [-0.25, -0.2) is 4.79 Å². The summed E-state index contributed by atoms with van der Waals surface area (Å²) in [6, 6.07) is 2.42. The second kappa shape index (κ2) is 9.29. The van der Waals surface area contributed by atoms with Gasteiger partial charge in [0.05, 0.1) is 26.2 Å². The molecule has 9 heteroatoms. The van der Waals surface area contributed by atoms with Gasteiger partial charge in [-0.2, -0.15) is 0 Å². The fraction of sp³-hybridized carbons (Fsp3) is 0.421. The minimum absolute atomic E-state index is 0.102. The molecule has 7 nitrogen and oxygen atoms in total. The lowest BCUT2D eigenvalue weighted by molar-refractivity contribution is -0.145. The third-order valence-electron chi connectivity index (χ3n) is 4.10. The number of amides is 1. The summed E-state index contributed by atoms with van der Waals surface area (Å²) >= 11 is 6.37. The molecule has 0 aromatic heterocycles. The highest BCUT2D eigenvalue weighted by Gasteiger charge is 2.40. The zero-order valence-electron chi connectivity index (χ0n) is 16.3. The lowest BCUT2D eigenvalue weighted by atomic mass is 10.0. The van der Waals surface area contributed by atoms with E-state index in [2.05, 4.69) is 0 Å². The summed E-state index contributed by atoms with van der Waals surface area (Å²) in [6.45, 7) is 3.80. The molecular formula is C19H23NO6S2. The van der Waals surface area contributed by atoms with Crippen molar-refractivity contribution < 1.29 is 28.9 Å². The predicted octanol–water partition coefficient (Wildman–Crippen LogP) is 3.41. The van der Waals surface area contributed by atoms with Crippen LogP contribution in [0.2, 0.25) is 0 Å². The summed E-state index contributed by atoms with van der Waals surface area (Å²) in [5, 5.41) is 9.56. The first-order valence-electron chi connectivity index (χ1n) is 8.53. The molecule has 0 saturated carbocycles. The molecule has 28 heavy (non-hydrogen) atoms. The summed E-state index contributed by atoms with van der Waals surface area (Å²) in [7, 11) is 4.51. The van der Waals surface area contributed by atoms with Crippen LogP contribution < -0.4 is 14.2 Å². The average Bonchev–Trinajstić information content (AvgIpc) is 2.91. The molecule has 152 valence electrons. The molecule has 2 rings (SSSR count). The number of benzene rings is 1. The quantitative estimate of drug-likeness (QED) is 0.501. The van der Waals surface area contributed by atoms with Crippen LogP contribution in [-0.2, 0) is 9.59 Å². The molecule has 1 aromatic carbocycles. The van der Waals surface area contributed by atoms with Crippen LogP contribution in [0.15, 0.2) is 17.0 Å². The smallest absolute Gasteiger partial charge is 0.326 e. The van der Waals surface area contributed by atoms with Gasteiger partial charge in [0, 0.05) is 0 Å². The molecule has 0 radical (unpaired) electrons. The number of carbonyl (C=O) groups excluding carboxylic acids is 1. The van der Waals surface area contributed by atoms with E-state index >= 15 is 0 Å². The Bertz CT molecular complexity index is 796. The number of hydrogen-bond donors (Lipinski definition) is 1. The van der Waals surface area contributed by atoms with E-state index in [0.29, 0.717) is 34.1 Å². The molecule has 1 atom stereocenters. The summed E-state index contributed by atoms with van der Waals surface area (Å²) in [4.78, 5) is 26.1. The number of ether oxygens (including phenoxy) is 3. The molecule has 1 aliphatic rings. The SMILES string of the molecule is COc1cc(/C=C2/SC(=S)N([C@H](CC(C)C)C(=O)O)C2=O)cc(OC)c1OC. The lowest BCUT2D eigenvalue weighted by Crippen LogP contribution is -2.44. The molecule has 1 aliphatic heterocycles. The van der Waals surface area contributed by atoms with Gasteiger partial charge in [-0.05, 0) is 36.1 Å². The highest BCUT2D eigenvalue weighted by molar-refractivity contribution is 8.26. The van der Waals surface area contributed by atoms with Gasteiger partial charge >= 0.3 is 5.97 Å². The van der Waals surface area contributed by atoms with Crippen LogP contribution in [0.5, 0.6) is 17.2 Å². The van der Waals surface area contributed by atoms with E-state index in [9.17, 15) is 14.7 Å². The first-order valence-corrected chi connectivity index (χ1v) is 9.75. The highest BCUT2D eigenvalue weighted by Crippen LogP contribution is 2.40. The number of hydrogen-bond acceptors (Lipinski definition) is 7. The van der Waals surface area contributed by atoms with E-state index in [-0.39, 0.29) is 10.2 Å². The highest BCUT2D eigenvalue weighted by atomic mass is 32.2. The van der Waals surface area contributed by atoms with Crippen molar-refractivity contribution in [2.75, 3.05) is 21.3 Å². The fourth-order valence-electron chi connectivity index (χ4n) is 2.85. The van der Waals surface area contributed by atoms with E-state index in [0.717, 1.165) is 11.8 Å². The van der Waals surface area contributed by atoms with Crippen LogP contribution in [0.3, 0.4) is 0 Å². The zero-order chi connectivity index (χ0) is 21.0. The maximum absolute atomic E-state index is 12.9. The van der Waals surface area contributed by atoms with E-state index in [4.69, 9.17) is 26.4 Å². The Morgan fingerprint density at radius 2 is 1.79 bits per heavy atom. The van der Waals surface area contributed by atoms with Crippen molar-refractivity contribution in [2.45, 2.75) is 26.3 Å². The van der Waals surface area contributed by atoms with Gasteiger partial charge in [0.1, 0.15) is 10.4 Å². The normalized spacial score (nSPS) is 16.6. The first-order chi connectivity index (χ1) is 13.2. The third kappa shape index (κ3) is 4.59. The van der Waals surface area contributed by atoms with Gasteiger partial charge in [0.2, 0.25) is 5.75 Å². The number of carboxylic acids is 1. The molecule has 1 aromatic rings. The lowest BCUT2D eigenvalue weighted by Gasteiger charge is -2.24. The van der Waals surface area contributed by atoms with Crippen LogP contribution in [0.1, 0.15) is 25.8 Å². The maximum Gasteiger partial charge on any atom is 0.326 e. The van der Waals surface area contributed by atoms with E-state index in [1.807, 2.05) is 13.8 Å². The molecule has 1 saturated heterocycles. The zero-order valence-corrected chi connectivity index (χ0v) is 18.0. The third-order valence-corrected chi connectivity index (χ3v) is 5.43. The first kappa shape index (κ1) is 22.0. The van der Waals surface area contributed by atoms with Crippen LogP contribution in [0.4, 0.5) is 0 Å². The number of carboxylic acid groups (broad SMARTS) is 1. The number of carbonyl (C=O) groups is 2. The van der Waals surface area contributed by atoms with Gasteiger partial charge < -0.3 is 19.3 Å². The van der Waals surface area contributed by atoms with Crippen molar-refractivity contribution in [2.24, 2.45) is 5.92 Å². The Kier molecular flexibility index (Phi) is 7.31.